The maximum Gasteiger partial charge on any atom is 0.332 e. The van der Waals surface area contributed by atoms with Crippen LogP contribution in [0.1, 0.15) is 18.4 Å². The SMILES string of the molecule is CC1C(=O)Nc2ccc(S(=O)(=O)F)cc21. The maximum absolute atomic E-state index is 12.7. The molecule has 0 fully saturated rings. The van der Waals surface area contributed by atoms with Gasteiger partial charge in [0.05, 0.1) is 10.8 Å². The number of hydrogen-bond acceptors (Lipinski definition) is 3. The molecule has 1 heterocycles. The largest absolute Gasteiger partial charge is 0.332 e. The molecule has 0 aromatic heterocycles. The molecular weight excluding hydrogens is 221 g/mol. The van der Waals surface area contributed by atoms with E-state index in [-0.39, 0.29) is 5.91 Å². The topological polar surface area (TPSA) is 63.2 Å². The molecule has 15 heavy (non-hydrogen) atoms. The number of benzene rings is 1. The van der Waals surface area contributed by atoms with Gasteiger partial charge in [-0.05, 0) is 30.7 Å². The molecule has 1 aliphatic heterocycles. The van der Waals surface area contributed by atoms with Crippen LogP contribution in [0.5, 0.6) is 0 Å². The number of halogens is 1. The summed E-state index contributed by atoms with van der Waals surface area (Å²) in [5.41, 5.74) is 1.05. The summed E-state index contributed by atoms with van der Waals surface area (Å²) >= 11 is 0. The van der Waals surface area contributed by atoms with Crippen molar-refractivity contribution in [2.24, 2.45) is 0 Å². The summed E-state index contributed by atoms with van der Waals surface area (Å²) in [5, 5.41) is 2.57. The van der Waals surface area contributed by atoms with E-state index in [0.29, 0.717) is 11.3 Å². The molecule has 1 N–H and O–H groups in total. The molecule has 0 bridgehead atoms. The summed E-state index contributed by atoms with van der Waals surface area (Å²) < 4.78 is 34.0. The van der Waals surface area contributed by atoms with Gasteiger partial charge in [-0.3, -0.25) is 4.79 Å². The number of carbonyl (C=O) groups is 1. The van der Waals surface area contributed by atoms with E-state index in [1.165, 1.54) is 12.1 Å². The van der Waals surface area contributed by atoms with Crippen LogP contribution in [0.4, 0.5) is 9.57 Å². The molecule has 1 aromatic carbocycles. The van der Waals surface area contributed by atoms with Gasteiger partial charge in [0.2, 0.25) is 5.91 Å². The van der Waals surface area contributed by atoms with Crippen LogP contribution in [0.3, 0.4) is 0 Å². The van der Waals surface area contributed by atoms with E-state index in [1.54, 1.807) is 6.92 Å². The van der Waals surface area contributed by atoms with E-state index in [1.807, 2.05) is 0 Å². The molecule has 0 aliphatic carbocycles. The fraction of sp³-hybridized carbons (Fsp3) is 0.222. The maximum atomic E-state index is 12.7. The van der Waals surface area contributed by atoms with Crippen molar-refractivity contribution in [2.45, 2.75) is 17.7 Å². The van der Waals surface area contributed by atoms with Crippen LogP contribution in [-0.2, 0) is 15.0 Å². The Labute approximate surface area is 86.3 Å². The third kappa shape index (κ3) is 1.61. The van der Waals surface area contributed by atoms with Crippen molar-refractivity contribution in [3.63, 3.8) is 0 Å². The first kappa shape index (κ1) is 10.1. The Morgan fingerprint density at radius 3 is 2.67 bits per heavy atom. The van der Waals surface area contributed by atoms with Crippen LogP contribution in [0.2, 0.25) is 0 Å². The second-order valence-corrected chi connectivity index (χ2v) is 4.74. The van der Waals surface area contributed by atoms with Gasteiger partial charge >= 0.3 is 10.2 Å². The van der Waals surface area contributed by atoms with E-state index in [2.05, 4.69) is 5.32 Å². The number of rotatable bonds is 1. The Bertz CT molecular complexity index is 538. The standard InChI is InChI=1S/C9H8FNO3S/c1-5-7-4-6(15(10,13)14)2-3-8(7)11-9(5)12/h2-5H,1H3,(H,11,12). The molecule has 1 atom stereocenters. The lowest BCUT2D eigenvalue weighted by Gasteiger charge is -2.02. The van der Waals surface area contributed by atoms with E-state index < -0.39 is 21.0 Å². The molecule has 0 saturated heterocycles. The summed E-state index contributed by atoms with van der Waals surface area (Å²) in [4.78, 5) is 10.8. The van der Waals surface area contributed by atoms with Gasteiger partial charge in [0, 0.05) is 5.69 Å². The molecule has 6 heteroatoms. The van der Waals surface area contributed by atoms with Crippen LogP contribution in [-0.4, -0.2) is 14.3 Å². The molecule has 1 aliphatic rings. The van der Waals surface area contributed by atoms with Crippen molar-refractivity contribution in [2.75, 3.05) is 5.32 Å². The summed E-state index contributed by atoms with van der Waals surface area (Å²) in [6, 6.07) is 3.71. The van der Waals surface area contributed by atoms with Crippen LogP contribution < -0.4 is 5.32 Å². The fourth-order valence-corrected chi connectivity index (χ4v) is 2.05. The van der Waals surface area contributed by atoms with Gasteiger partial charge in [-0.25, -0.2) is 0 Å². The quantitative estimate of drug-likeness (QED) is 0.740. The molecule has 1 aromatic rings. The van der Waals surface area contributed by atoms with Crippen molar-refractivity contribution in [3.05, 3.63) is 23.8 Å². The Hall–Kier alpha value is -1.43. The minimum atomic E-state index is -4.70. The Morgan fingerprint density at radius 2 is 2.07 bits per heavy atom. The number of anilines is 1. The minimum absolute atomic E-state index is 0.210. The molecule has 0 spiro atoms. The lowest BCUT2D eigenvalue weighted by atomic mass is 10.0. The zero-order chi connectivity index (χ0) is 11.2. The molecular formula is C9H8FNO3S. The lowest BCUT2D eigenvalue weighted by molar-refractivity contribution is -0.116. The van der Waals surface area contributed by atoms with E-state index in [4.69, 9.17) is 0 Å². The molecule has 0 saturated carbocycles. The average molecular weight is 229 g/mol. The summed E-state index contributed by atoms with van der Waals surface area (Å²) in [5.74, 6) is -0.653. The van der Waals surface area contributed by atoms with Gasteiger partial charge in [0.1, 0.15) is 0 Å². The third-order valence-corrected chi connectivity index (χ3v) is 3.24. The first-order valence-corrected chi connectivity index (χ1v) is 5.67. The monoisotopic (exact) mass is 229 g/mol. The Kier molecular flexibility index (Phi) is 2.04. The highest BCUT2D eigenvalue weighted by Crippen LogP contribution is 2.33. The predicted molar refractivity (Wildman–Crippen MR) is 51.8 cm³/mol. The number of fused-ring (bicyclic) bond motifs is 1. The highest BCUT2D eigenvalue weighted by Gasteiger charge is 2.28. The van der Waals surface area contributed by atoms with Gasteiger partial charge in [-0.15, -0.1) is 3.89 Å². The minimum Gasteiger partial charge on any atom is -0.325 e. The molecule has 80 valence electrons. The zero-order valence-corrected chi connectivity index (χ0v) is 8.64. The smallest absolute Gasteiger partial charge is 0.325 e. The summed E-state index contributed by atoms with van der Waals surface area (Å²) in [6.45, 7) is 1.63. The van der Waals surface area contributed by atoms with Gasteiger partial charge in [-0.1, -0.05) is 0 Å². The second kappa shape index (κ2) is 3.03. The van der Waals surface area contributed by atoms with Crippen LogP contribution in [0.25, 0.3) is 0 Å². The van der Waals surface area contributed by atoms with Crippen molar-refractivity contribution < 1.29 is 17.1 Å². The van der Waals surface area contributed by atoms with E-state index in [0.717, 1.165) is 6.07 Å². The van der Waals surface area contributed by atoms with Crippen molar-refractivity contribution in [1.29, 1.82) is 0 Å². The van der Waals surface area contributed by atoms with Gasteiger partial charge < -0.3 is 5.32 Å². The van der Waals surface area contributed by atoms with Gasteiger partial charge in [0.15, 0.2) is 0 Å². The highest BCUT2D eigenvalue weighted by atomic mass is 32.3. The number of nitrogens with one attached hydrogen (secondary N) is 1. The molecule has 4 nitrogen and oxygen atoms in total. The number of amides is 1. The summed E-state index contributed by atoms with van der Waals surface area (Å²) in [7, 11) is -4.70. The van der Waals surface area contributed by atoms with Crippen molar-refractivity contribution in [1.82, 2.24) is 0 Å². The molecule has 1 unspecified atom stereocenters. The number of carbonyl (C=O) groups excluding carboxylic acids is 1. The summed E-state index contributed by atoms with van der Waals surface area (Å²) in [6.07, 6.45) is 0. The van der Waals surface area contributed by atoms with Crippen molar-refractivity contribution in [3.8, 4) is 0 Å². The van der Waals surface area contributed by atoms with Crippen LogP contribution in [0.15, 0.2) is 23.1 Å². The van der Waals surface area contributed by atoms with Gasteiger partial charge in [-0.2, -0.15) is 8.42 Å². The van der Waals surface area contributed by atoms with Crippen LogP contribution in [0, 0.1) is 0 Å². The average Bonchev–Trinajstić information content (AvgIpc) is 2.41. The van der Waals surface area contributed by atoms with Crippen molar-refractivity contribution >= 4 is 21.8 Å². The fourth-order valence-electron chi connectivity index (χ4n) is 1.55. The lowest BCUT2D eigenvalue weighted by Crippen LogP contribution is -2.08. The van der Waals surface area contributed by atoms with E-state index in [9.17, 15) is 17.1 Å². The van der Waals surface area contributed by atoms with Gasteiger partial charge in [0.25, 0.3) is 0 Å². The first-order chi connectivity index (χ1) is 6.89. The zero-order valence-electron chi connectivity index (χ0n) is 7.82. The molecule has 2 rings (SSSR count). The first-order valence-electron chi connectivity index (χ1n) is 4.29. The number of hydrogen-bond donors (Lipinski definition) is 1. The normalized spacial score (nSPS) is 19.9. The van der Waals surface area contributed by atoms with Crippen LogP contribution >= 0.6 is 0 Å². The Balaban J connectivity index is 2.58. The second-order valence-electron chi connectivity index (χ2n) is 3.40. The molecule has 0 radical (unpaired) electrons. The Morgan fingerprint density at radius 1 is 1.40 bits per heavy atom. The van der Waals surface area contributed by atoms with E-state index >= 15 is 0 Å². The third-order valence-electron chi connectivity index (χ3n) is 2.42. The highest BCUT2D eigenvalue weighted by molar-refractivity contribution is 7.86. The predicted octanol–water partition coefficient (Wildman–Crippen LogP) is 1.40. The molecule has 1 amide bonds.